The predicted molar refractivity (Wildman–Crippen MR) is 92.2 cm³/mol. The Kier molecular flexibility index (Phi) is 6.31. The summed E-state index contributed by atoms with van der Waals surface area (Å²) in [4.78, 5) is 16.3. The first-order valence-corrected chi connectivity index (χ1v) is 8.93. The van der Waals surface area contributed by atoms with E-state index in [1.807, 2.05) is 12.3 Å². The average Bonchev–Trinajstić information content (AvgIpc) is 3.04. The van der Waals surface area contributed by atoms with Gasteiger partial charge < -0.3 is 0 Å². The molecule has 22 heavy (non-hydrogen) atoms. The van der Waals surface area contributed by atoms with Gasteiger partial charge in [0.15, 0.2) is 0 Å². The lowest BCUT2D eigenvalue weighted by Crippen LogP contribution is -2.21. The Morgan fingerprint density at radius 3 is 2.86 bits per heavy atom. The fourth-order valence-electron chi connectivity index (χ4n) is 2.71. The summed E-state index contributed by atoms with van der Waals surface area (Å²) in [5.74, 6) is -0.0877. The molecular weight excluding hydrogens is 294 g/mol. The number of hydrogen-bond acceptors (Lipinski definition) is 4. The number of allylic oxidation sites excluding steroid dienone is 2. The highest BCUT2D eigenvalue weighted by Crippen LogP contribution is 2.27. The van der Waals surface area contributed by atoms with Crippen LogP contribution in [0.25, 0.3) is 0 Å². The van der Waals surface area contributed by atoms with Crippen molar-refractivity contribution in [1.82, 2.24) is 10.4 Å². The van der Waals surface area contributed by atoms with Crippen molar-refractivity contribution in [1.29, 1.82) is 0 Å². The van der Waals surface area contributed by atoms with Crippen LogP contribution in [0.2, 0.25) is 0 Å². The molecule has 1 N–H and O–H groups in total. The Labute approximate surface area is 136 Å². The predicted octanol–water partition coefficient (Wildman–Crippen LogP) is 4.16. The largest absolute Gasteiger partial charge is 0.273 e. The first-order valence-electron chi connectivity index (χ1n) is 8.05. The average molecular weight is 319 g/mol. The lowest BCUT2D eigenvalue weighted by Gasteiger charge is -2.06. The highest BCUT2D eigenvalue weighted by molar-refractivity contribution is 7.09. The monoisotopic (exact) mass is 319 g/mol. The molecule has 1 heterocycles. The van der Waals surface area contributed by atoms with Crippen molar-refractivity contribution in [2.75, 3.05) is 0 Å². The van der Waals surface area contributed by atoms with E-state index >= 15 is 0 Å². The minimum absolute atomic E-state index is 0.0877. The van der Waals surface area contributed by atoms with Gasteiger partial charge in [-0.25, -0.2) is 10.4 Å². The molecule has 2 rings (SSSR count). The summed E-state index contributed by atoms with van der Waals surface area (Å²) in [5.41, 5.74) is 7.38. The maximum absolute atomic E-state index is 12.0. The molecule has 1 amide bonds. The van der Waals surface area contributed by atoms with E-state index in [0.29, 0.717) is 6.42 Å². The second kappa shape index (κ2) is 8.22. The molecule has 1 aliphatic carbocycles. The zero-order valence-electron chi connectivity index (χ0n) is 13.7. The van der Waals surface area contributed by atoms with E-state index in [2.05, 4.69) is 29.4 Å². The van der Waals surface area contributed by atoms with Crippen molar-refractivity contribution >= 4 is 23.0 Å². The number of carbonyl (C=O) groups excluding carboxylic acids is 1. The van der Waals surface area contributed by atoms with Crippen molar-refractivity contribution in [2.24, 2.45) is 5.10 Å². The third kappa shape index (κ3) is 4.77. The standard InChI is InChI=1S/C17H25N3OS/c1-4-5-6-7-15-12(2)8-9-16(15)19-20-17(21)10-14-11-22-13(3)18-14/h11H,4-10H2,1-3H3,(H,20,21)/b19-16-. The molecule has 0 saturated carbocycles. The Morgan fingerprint density at radius 1 is 1.36 bits per heavy atom. The number of unbranched alkanes of at least 4 members (excludes halogenated alkanes) is 2. The third-order valence-corrected chi connectivity index (χ3v) is 4.78. The van der Waals surface area contributed by atoms with E-state index in [0.717, 1.165) is 35.7 Å². The van der Waals surface area contributed by atoms with Gasteiger partial charge in [-0.1, -0.05) is 25.3 Å². The Bertz CT molecular complexity index is 586. The molecule has 0 saturated heterocycles. The second-order valence-corrected chi connectivity index (χ2v) is 6.91. The van der Waals surface area contributed by atoms with Gasteiger partial charge in [-0.05, 0) is 45.1 Å². The fourth-order valence-corrected chi connectivity index (χ4v) is 3.32. The third-order valence-electron chi connectivity index (χ3n) is 3.95. The molecule has 0 aromatic carbocycles. The summed E-state index contributed by atoms with van der Waals surface area (Å²) in [7, 11) is 0. The van der Waals surface area contributed by atoms with E-state index in [1.54, 1.807) is 11.3 Å². The topological polar surface area (TPSA) is 54.4 Å². The summed E-state index contributed by atoms with van der Waals surface area (Å²) in [6.45, 7) is 6.34. The van der Waals surface area contributed by atoms with E-state index in [-0.39, 0.29) is 5.91 Å². The van der Waals surface area contributed by atoms with Gasteiger partial charge in [0, 0.05) is 5.38 Å². The SMILES string of the molecule is CCCCCC1=C(C)CC/C1=N/NC(=O)Cc1csc(C)n1. The Balaban J connectivity index is 1.89. The molecule has 1 aromatic rings. The number of carbonyl (C=O) groups is 1. The summed E-state index contributed by atoms with van der Waals surface area (Å²) < 4.78 is 0. The van der Waals surface area contributed by atoms with Gasteiger partial charge in [0.05, 0.1) is 22.8 Å². The summed E-state index contributed by atoms with van der Waals surface area (Å²) >= 11 is 1.57. The van der Waals surface area contributed by atoms with E-state index in [9.17, 15) is 4.79 Å². The van der Waals surface area contributed by atoms with Crippen LogP contribution in [-0.4, -0.2) is 16.6 Å². The fraction of sp³-hybridized carbons (Fsp3) is 0.588. The maximum Gasteiger partial charge on any atom is 0.246 e. The van der Waals surface area contributed by atoms with Gasteiger partial charge >= 0.3 is 0 Å². The van der Waals surface area contributed by atoms with Gasteiger partial charge in [0.1, 0.15) is 0 Å². The molecule has 0 radical (unpaired) electrons. The van der Waals surface area contributed by atoms with Crippen LogP contribution in [0.1, 0.15) is 63.1 Å². The first kappa shape index (κ1) is 16.9. The highest BCUT2D eigenvalue weighted by atomic mass is 32.1. The maximum atomic E-state index is 12.0. The number of aryl methyl sites for hydroxylation is 1. The van der Waals surface area contributed by atoms with Crippen molar-refractivity contribution < 1.29 is 4.79 Å². The van der Waals surface area contributed by atoms with Crippen LogP contribution in [0.15, 0.2) is 21.6 Å². The van der Waals surface area contributed by atoms with Crippen molar-refractivity contribution in [2.45, 2.75) is 65.7 Å². The molecule has 0 fully saturated rings. The minimum Gasteiger partial charge on any atom is -0.273 e. The number of thiazole rings is 1. The molecule has 0 aliphatic heterocycles. The second-order valence-electron chi connectivity index (χ2n) is 5.84. The number of hydrazone groups is 1. The molecule has 0 atom stereocenters. The molecule has 120 valence electrons. The van der Waals surface area contributed by atoms with Crippen LogP contribution in [0.5, 0.6) is 0 Å². The van der Waals surface area contributed by atoms with Crippen LogP contribution in [0, 0.1) is 6.92 Å². The summed E-state index contributed by atoms with van der Waals surface area (Å²) in [6, 6.07) is 0. The van der Waals surface area contributed by atoms with Crippen molar-refractivity contribution in [3.05, 3.63) is 27.2 Å². The quantitative estimate of drug-likeness (QED) is 0.606. The lowest BCUT2D eigenvalue weighted by atomic mass is 10.0. The Hall–Kier alpha value is -1.49. The van der Waals surface area contributed by atoms with Crippen LogP contribution >= 0.6 is 11.3 Å². The van der Waals surface area contributed by atoms with Gasteiger partial charge in [-0.2, -0.15) is 5.10 Å². The summed E-state index contributed by atoms with van der Waals surface area (Å²) in [6.07, 6.45) is 7.08. The van der Waals surface area contributed by atoms with Crippen molar-refractivity contribution in [3.8, 4) is 0 Å². The van der Waals surface area contributed by atoms with Gasteiger partial charge in [0.2, 0.25) is 5.91 Å². The molecule has 0 unspecified atom stereocenters. The number of nitrogens with one attached hydrogen (secondary N) is 1. The van der Waals surface area contributed by atoms with E-state index < -0.39 is 0 Å². The first-order chi connectivity index (χ1) is 10.6. The van der Waals surface area contributed by atoms with Gasteiger partial charge in [-0.3, -0.25) is 4.79 Å². The van der Waals surface area contributed by atoms with Gasteiger partial charge in [0.25, 0.3) is 0 Å². The van der Waals surface area contributed by atoms with Crippen LogP contribution in [0.4, 0.5) is 0 Å². The van der Waals surface area contributed by atoms with Crippen LogP contribution < -0.4 is 5.43 Å². The van der Waals surface area contributed by atoms with E-state index in [4.69, 9.17) is 0 Å². The lowest BCUT2D eigenvalue weighted by molar-refractivity contribution is -0.120. The number of nitrogens with zero attached hydrogens (tertiary/aromatic N) is 2. The number of rotatable bonds is 7. The zero-order valence-corrected chi connectivity index (χ0v) is 14.6. The van der Waals surface area contributed by atoms with Crippen LogP contribution in [-0.2, 0) is 11.2 Å². The zero-order chi connectivity index (χ0) is 15.9. The summed E-state index contributed by atoms with van der Waals surface area (Å²) in [5, 5.41) is 7.29. The molecule has 0 spiro atoms. The van der Waals surface area contributed by atoms with Crippen LogP contribution in [0.3, 0.4) is 0 Å². The minimum atomic E-state index is -0.0877. The molecule has 0 bridgehead atoms. The van der Waals surface area contributed by atoms with E-state index in [1.165, 1.54) is 30.4 Å². The number of amides is 1. The molecule has 1 aliphatic rings. The number of aromatic nitrogens is 1. The molecule has 5 heteroatoms. The smallest absolute Gasteiger partial charge is 0.246 e. The number of hydrogen-bond donors (Lipinski definition) is 1. The normalized spacial score (nSPS) is 16.6. The highest BCUT2D eigenvalue weighted by Gasteiger charge is 2.18. The molecule has 1 aromatic heterocycles. The van der Waals surface area contributed by atoms with Gasteiger partial charge in [-0.15, -0.1) is 11.3 Å². The Morgan fingerprint density at radius 2 is 2.18 bits per heavy atom. The molecule has 4 nitrogen and oxygen atoms in total. The molecular formula is C17H25N3OS. The van der Waals surface area contributed by atoms with Crippen molar-refractivity contribution in [3.63, 3.8) is 0 Å².